The van der Waals surface area contributed by atoms with E-state index in [9.17, 15) is 9.18 Å². The molecule has 0 aliphatic rings. The number of rotatable bonds is 6. The van der Waals surface area contributed by atoms with Gasteiger partial charge in [0.25, 0.3) is 0 Å². The molecule has 0 aliphatic carbocycles. The van der Waals surface area contributed by atoms with Crippen LogP contribution in [-0.4, -0.2) is 29.3 Å². The van der Waals surface area contributed by atoms with E-state index in [4.69, 9.17) is 0 Å². The maximum absolute atomic E-state index is 12.7. The molecule has 0 N–H and O–H groups in total. The Morgan fingerprint density at radius 2 is 2.25 bits per heavy atom. The molecule has 2 aromatic rings. The molecule has 0 radical (unpaired) electrons. The molecule has 1 atom stereocenters. The highest BCUT2D eigenvalue weighted by Gasteiger charge is 2.15. The molecule has 0 amide bonds. The van der Waals surface area contributed by atoms with Crippen LogP contribution in [-0.2, 0) is 0 Å². The maximum Gasteiger partial charge on any atom is 0.182 e. The summed E-state index contributed by atoms with van der Waals surface area (Å²) in [5.41, 5.74) is 0.323. The monoisotopic (exact) mass is 292 g/mol. The smallest absolute Gasteiger partial charge is 0.182 e. The van der Waals surface area contributed by atoms with Crippen LogP contribution in [0.5, 0.6) is 0 Å². The third kappa shape index (κ3) is 3.71. The lowest BCUT2D eigenvalue weighted by molar-refractivity contribution is 0.0957. The number of pyridine rings is 1. The van der Waals surface area contributed by atoms with Crippen LogP contribution in [0.25, 0.3) is 0 Å². The second-order valence-corrected chi connectivity index (χ2v) is 5.69. The summed E-state index contributed by atoms with van der Waals surface area (Å²) in [6.45, 7) is 2.77. The van der Waals surface area contributed by atoms with Crippen molar-refractivity contribution in [2.75, 3.05) is 13.6 Å². The van der Waals surface area contributed by atoms with Crippen molar-refractivity contribution in [3.8, 4) is 0 Å². The zero-order valence-electron chi connectivity index (χ0n) is 11.5. The van der Waals surface area contributed by atoms with Crippen molar-refractivity contribution in [1.29, 1.82) is 0 Å². The molecule has 0 fully saturated rings. The molecule has 106 valence electrons. The van der Waals surface area contributed by atoms with Crippen LogP contribution in [0.2, 0.25) is 0 Å². The Morgan fingerprint density at radius 1 is 1.45 bits per heavy atom. The Morgan fingerprint density at radius 3 is 2.85 bits per heavy atom. The highest BCUT2D eigenvalue weighted by molar-refractivity contribution is 7.10. The van der Waals surface area contributed by atoms with Crippen molar-refractivity contribution >= 4 is 17.1 Å². The molecular weight excluding hydrogens is 275 g/mol. The normalized spacial score (nSPS) is 12.6. The number of hydrogen-bond donors (Lipinski definition) is 0. The van der Waals surface area contributed by atoms with Crippen molar-refractivity contribution in [1.82, 2.24) is 9.88 Å². The average Bonchev–Trinajstić information content (AvgIpc) is 2.98. The maximum atomic E-state index is 12.7. The molecule has 0 spiro atoms. The predicted octanol–water partition coefficient (Wildman–Crippen LogP) is 3.55. The third-order valence-electron chi connectivity index (χ3n) is 3.32. The molecule has 0 saturated heterocycles. The standard InChI is InChI=1S/C15H17FN2OS/c1-11(15-4-3-9-20-15)18(2)8-7-14(19)13-6-5-12(16)10-17-13/h3-6,9-11H,7-8H2,1-2H3. The van der Waals surface area contributed by atoms with Gasteiger partial charge in [0.2, 0.25) is 0 Å². The zero-order valence-corrected chi connectivity index (χ0v) is 12.4. The van der Waals surface area contributed by atoms with Gasteiger partial charge in [0.1, 0.15) is 11.5 Å². The number of nitrogens with zero attached hydrogens (tertiary/aromatic N) is 2. The number of aromatic nitrogens is 1. The summed E-state index contributed by atoms with van der Waals surface area (Å²) in [6.07, 6.45) is 1.45. The lowest BCUT2D eigenvalue weighted by Gasteiger charge is -2.23. The lowest BCUT2D eigenvalue weighted by Crippen LogP contribution is -2.25. The number of ketones is 1. The first-order valence-electron chi connectivity index (χ1n) is 6.46. The van der Waals surface area contributed by atoms with Crippen molar-refractivity contribution in [3.05, 3.63) is 52.2 Å². The molecule has 20 heavy (non-hydrogen) atoms. The van der Waals surface area contributed by atoms with Crippen LogP contribution in [0.15, 0.2) is 35.8 Å². The Labute approximate surface area is 122 Å². The van der Waals surface area contributed by atoms with E-state index < -0.39 is 5.82 Å². The summed E-state index contributed by atoms with van der Waals surface area (Å²) in [7, 11) is 2.00. The van der Waals surface area contributed by atoms with Crippen LogP contribution in [0.1, 0.15) is 34.8 Å². The minimum absolute atomic E-state index is 0.0600. The molecule has 2 aromatic heterocycles. The Bertz CT molecular complexity index is 554. The van der Waals surface area contributed by atoms with Crippen LogP contribution >= 0.6 is 11.3 Å². The Kier molecular flexibility index (Phi) is 4.98. The fourth-order valence-corrected chi connectivity index (χ4v) is 2.73. The highest BCUT2D eigenvalue weighted by Crippen LogP contribution is 2.23. The van der Waals surface area contributed by atoms with Gasteiger partial charge in [0.15, 0.2) is 5.78 Å². The van der Waals surface area contributed by atoms with E-state index >= 15 is 0 Å². The number of Topliss-reactive ketones (excluding diaryl/α,β-unsaturated/α-hetero) is 1. The number of hydrogen-bond acceptors (Lipinski definition) is 4. The first kappa shape index (κ1) is 14.8. The van der Waals surface area contributed by atoms with Crippen molar-refractivity contribution in [2.45, 2.75) is 19.4 Å². The zero-order chi connectivity index (χ0) is 14.5. The minimum atomic E-state index is -0.426. The topological polar surface area (TPSA) is 33.2 Å². The highest BCUT2D eigenvalue weighted by atomic mass is 32.1. The third-order valence-corrected chi connectivity index (χ3v) is 4.36. The first-order valence-corrected chi connectivity index (χ1v) is 7.34. The Hall–Kier alpha value is -1.59. The van der Waals surface area contributed by atoms with Gasteiger partial charge in [0.05, 0.1) is 6.20 Å². The summed E-state index contributed by atoms with van der Waals surface area (Å²) in [5.74, 6) is -0.486. The molecule has 0 bridgehead atoms. The van der Waals surface area contributed by atoms with Gasteiger partial charge in [-0.1, -0.05) is 6.07 Å². The molecule has 0 aromatic carbocycles. The summed E-state index contributed by atoms with van der Waals surface area (Å²) in [4.78, 5) is 19.2. The van der Waals surface area contributed by atoms with Gasteiger partial charge in [-0.2, -0.15) is 0 Å². The summed E-state index contributed by atoms with van der Waals surface area (Å²) in [6, 6.07) is 7.09. The van der Waals surface area contributed by atoms with E-state index in [1.165, 1.54) is 17.0 Å². The van der Waals surface area contributed by atoms with Crippen molar-refractivity contribution in [3.63, 3.8) is 0 Å². The molecule has 3 nitrogen and oxygen atoms in total. The molecule has 2 rings (SSSR count). The van der Waals surface area contributed by atoms with E-state index in [-0.39, 0.29) is 11.8 Å². The molecule has 0 saturated carbocycles. The van der Waals surface area contributed by atoms with Gasteiger partial charge < -0.3 is 0 Å². The number of carbonyl (C=O) groups is 1. The van der Waals surface area contributed by atoms with E-state index in [1.54, 1.807) is 11.3 Å². The largest absolute Gasteiger partial charge is 0.298 e. The van der Waals surface area contributed by atoms with Crippen LogP contribution in [0, 0.1) is 5.82 Å². The molecule has 0 aliphatic heterocycles. The first-order chi connectivity index (χ1) is 9.58. The van der Waals surface area contributed by atoms with E-state index in [2.05, 4.69) is 22.9 Å². The average molecular weight is 292 g/mol. The molecule has 1 unspecified atom stereocenters. The number of thiophene rings is 1. The van der Waals surface area contributed by atoms with Gasteiger partial charge in [-0.25, -0.2) is 4.39 Å². The lowest BCUT2D eigenvalue weighted by atomic mass is 10.1. The van der Waals surface area contributed by atoms with Gasteiger partial charge in [-0.3, -0.25) is 14.7 Å². The SMILES string of the molecule is CC(c1cccs1)N(C)CCC(=O)c1ccc(F)cn1. The fraction of sp³-hybridized carbons (Fsp3) is 0.333. The summed E-state index contributed by atoms with van der Waals surface area (Å²) < 4.78 is 12.7. The Balaban J connectivity index is 1.88. The minimum Gasteiger partial charge on any atom is -0.298 e. The van der Waals surface area contributed by atoms with Crippen molar-refractivity contribution < 1.29 is 9.18 Å². The second kappa shape index (κ2) is 6.72. The van der Waals surface area contributed by atoms with Crippen molar-refractivity contribution in [2.24, 2.45) is 0 Å². The van der Waals surface area contributed by atoms with Gasteiger partial charge in [-0.05, 0) is 37.6 Å². The van der Waals surface area contributed by atoms with E-state index in [0.29, 0.717) is 18.7 Å². The van der Waals surface area contributed by atoms with Crippen LogP contribution in [0.3, 0.4) is 0 Å². The molecule has 2 heterocycles. The van der Waals surface area contributed by atoms with E-state index in [0.717, 1.165) is 6.20 Å². The quantitative estimate of drug-likeness (QED) is 0.763. The molecule has 5 heteroatoms. The second-order valence-electron chi connectivity index (χ2n) is 4.71. The van der Waals surface area contributed by atoms with E-state index in [1.807, 2.05) is 18.5 Å². The number of halogens is 1. The fourth-order valence-electron chi connectivity index (χ4n) is 1.89. The van der Waals surface area contributed by atoms with Crippen LogP contribution < -0.4 is 0 Å². The van der Waals surface area contributed by atoms with Crippen LogP contribution in [0.4, 0.5) is 4.39 Å². The summed E-state index contributed by atoms with van der Waals surface area (Å²) in [5, 5.41) is 2.05. The molecular formula is C15H17FN2OS. The number of carbonyl (C=O) groups excluding carboxylic acids is 1. The van der Waals surface area contributed by atoms with Gasteiger partial charge in [0, 0.05) is 23.9 Å². The van der Waals surface area contributed by atoms with Gasteiger partial charge >= 0.3 is 0 Å². The summed E-state index contributed by atoms with van der Waals surface area (Å²) >= 11 is 1.71. The predicted molar refractivity (Wildman–Crippen MR) is 78.5 cm³/mol. The van der Waals surface area contributed by atoms with Gasteiger partial charge in [-0.15, -0.1) is 11.3 Å².